The first-order valence-electron chi connectivity index (χ1n) is 7.62. The van der Waals surface area contributed by atoms with Gasteiger partial charge in [-0.25, -0.2) is 9.18 Å². The van der Waals surface area contributed by atoms with Crippen LogP contribution in [0.4, 0.5) is 10.1 Å². The highest BCUT2D eigenvalue weighted by Crippen LogP contribution is 2.25. The number of rotatable bonds is 4. The van der Waals surface area contributed by atoms with Crippen LogP contribution < -0.4 is 15.8 Å². The van der Waals surface area contributed by atoms with Crippen LogP contribution in [0.25, 0.3) is 11.1 Å². The molecule has 1 saturated heterocycles. The topological polar surface area (TPSA) is 76.7 Å². The van der Waals surface area contributed by atoms with Gasteiger partial charge in [0, 0.05) is 20.0 Å². The summed E-state index contributed by atoms with van der Waals surface area (Å²) in [7, 11) is 0. The van der Waals surface area contributed by atoms with Crippen LogP contribution in [-0.4, -0.2) is 37.0 Å². The molecular weight excluding hydrogens is 317 g/mol. The maximum atomic E-state index is 14.4. The van der Waals surface area contributed by atoms with Gasteiger partial charge in [0.15, 0.2) is 0 Å². The zero-order chi connectivity index (χ0) is 17.1. The highest BCUT2D eigenvalue weighted by atomic mass is 19.1. The van der Waals surface area contributed by atoms with Crippen molar-refractivity contribution < 1.29 is 18.4 Å². The number of anilines is 1. The van der Waals surface area contributed by atoms with E-state index in [1.807, 2.05) is 4.90 Å². The van der Waals surface area contributed by atoms with Crippen molar-refractivity contribution in [2.75, 3.05) is 31.2 Å². The lowest BCUT2D eigenvalue weighted by molar-refractivity contribution is -0.119. The Balaban J connectivity index is 1.83. The molecule has 1 aliphatic rings. The van der Waals surface area contributed by atoms with Gasteiger partial charge in [0.1, 0.15) is 12.5 Å². The third kappa shape index (κ3) is 3.48. The molecule has 128 valence electrons. The standard InChI is InChI=1S/C16H18FN3O4/c1-11(21)18-10-20-9-13(16(22)24-20)12-2-3-15(14(17)8-12)19-4-6-23-7-5-19/h2-3,8-9H,4-7,10H2,1H3,(H,18,21). The van der Waals surface area contributed by atoms with Gasteiger partial charge >= 0.3 is 5.63 Å². The first-order valence-corrected chi connectivity index (χ1v) is 7.62. The molecule has 1 fully saturated rings. The van der Waals surface area contributed by atoms with Crippen LogP contribution >= 0.6 is 0 Å². The summed E-state index contributed by atoms with van der Waals surface area (Å²) >= 11 is 0. The van der Waals surface area contributed by atoms with Crippen LogP contribution in [-0.2, 0) is 16.2 Å². The van der Waals surface area contributed by atoms with E-state index in [9.17, 15) is 14.0 Å². The van der Waals surface area contributed by atoms with Crippen molar-refractivity contribution in [3.8, 4) is 11.1 Å². The molecule has 2 aromatic rings. The Bertz CT molecular complexity index is 793. The Morgan fingerprint density at radius 1 is 1.33 bits per heavy atom. The number of benzene rings is 1. The summed E-state index contributed by atoms with van der Waals surface area (Å²) < 4.78 is 25.9. The highest BCUT2D eigenvalue weighted by Gasteiger charge is 2.17. The lowest BCUT2D eigenvalue weighted by atomic mass is 10.1. The van der Waals surface area contributed by atoms with E-state index in [1.165, 1.54) is 23.9 Å². The number of ether oxygens (including phenoxy) is 1. The highest BCUT2D eigenvalue weighted by molar-refractivity contribution is 5.72. The molecule has 3 rings (SSSR count). The number of hydrogen-bond donors (Lipinski definition) is 1. The monoisotopic (exact) mass is 335 g/mol. The zero-order valence-electron chi connectivity index (χ0n) is 13.3. The van der Waals surface area contributed by atoms with E-state index in [0.29, 0.717) is 37.6 Å². The van der Waals surface area contributed by atoms with Crippen molar-refractivity contribution in [2.24, 2.45) is 0 Å². The summed E-state index contributed by atoms with van der Waals surface area (Å²) in [6.07, 6.45) is 1.45. The van der Waals surface area contributed by atoms with Crippen LogP contribution in [0.5, 0.6) is 0 Å². The van der Waals surface area contributed by atoms with Crippen molar-refractivity contribution in [3.05, 3.63) is 40.6 Å². The molecule has 1 N–H and O–H groups in total. The summed E-state index contributed by atoms with van der Waals surface area (Å²) in [5.41, 5.74) is 0.579. The lowest BCUT2D eigenvalue weighted by Crippen LogP contribution is -2.36. The molecule has 0 atom stereocenters. The first-order chi connectivity index (χ1) is 11.5. The Hall–Kier alpha value is -2.61. The van der Waals surface area contributed by atoms with E-state index in [1.54, 1.807) is 12.1 Å². The molecule has 7 nitrogen and oxygen atoms in total. The normalized spacial score (nSPS) is 14.7. The van der Waals surface area contributed by atoms with Crippen LogP contribution in [0, 0.1) is 5.82 Å². The van der Waals surface area contributed by atoms with E-state index in [2.05, 4.69) is 5.32 Å². The van der Waals surface area contributed by atoms with Crippen LogP contribution in [0.15, 0.2) is 33.7 Å². The number of carbonyl (C=O) groups is 1. The summed E-state index contributed by atoms with van der Waals surface area (Å²) in [5.74, 6) is -0.641. The van der Waals surface area contributed by atoms with Gasteiger partial charge in [0.2, 0.25) is 5.91 Å². The van der Waals surface area contributed by atoms with Crippen molar-refractivity contribution in [1.82, 2.24) is 10.1 Å². The Morgan fingerprint density at radius 3 is 2.75 bits per heavy atom. The van der Waals surface area contributed by atoms with Gasteiger partial charge in [-0.15, -0.1) is 0 Å². The smallest absolute Gasteiger partial charge is 0.365 e. The van der Waals surface area contributed by atoms with Crippen molar-refractivity contribution >= 4 is 11.6 Å². The molecule has 2 heterocycles. The quantitative estimate of drug-likeness (QED) is 0.908. The molecule has 24 heavy (non-hydrogen) atoms. The van der Waals surface area contributed by atoms with Gasteiger partial charge in [-0.3, -0.25) is 4.79 Å². The van der Waals surface area contributed by atoms with E-state index >= 15 is 0 Å². The predicted molar refractivity (Wildman–Crippen MR) is 85.2 cm³/mol. The molecule has 0 radical (unpaired) electrons. The van der Waals surface area contributed by atoms with Crippen molar-refractivity contribution in [3.63, 3.8) is 0 Å². The third-order valence-corrected chi connectivity index (χ3v) is 3.79. The largest absolute Gasteiger partial charge is 0.378 e. The van der Waals surface area contributed by atoms with Gasteiger partial charge in [-0.05, 0) is 17.7 Å². The fourth-order valence-electron chi connectivity index (χ4n) is 2.57. The van der Waals surface area contributed by atoms with Crippen LogP contribution in [0.2, 0.25) is 0 Å². The third-order valence-electron chi connectivity index (χ3n) is 3.79. The van der Waals surface area contributed by atoms with E-state index in [-0.39, 0.29) is 18.1 Å². The molecule has 0 bridgehead atoms. The van der Waals surface area contributed by atoms with Gasteiger partial charge in [-0.1, -0.05) is 6.07 Å². The Kier molecular flexibility index (Phi) is 4.66. The molecule has 0 spiro atoms. The second kappa shape index (κ2) is 6.88. The first kappa shape index (κ1) is 16.3. The molecule has 1 aliphatic heterocycles. The van der Waals surface area contributed by atoms with E-state index < -0.39 is 11.4 Å². The average molecular weight is 335 g/mol. The van der Waals surface area contributed by atoms with Gasteiger partial charge in [0.05, 0.1) is 30.7 Å². The SMILES string of the molecule is CC(=O)NCn1cc(-c2ccc(N3CCOCC3)c(F)c2)c(=O)o1. The molecule has 0 aliphatic carbocycles. The minimum absolute atomic E-state index is 0.0406. The number of nitrogens with zero attached hydrogens (tertiary/aromatic N) is 2. The minimum atomic E-state index is -0.584. The molecule has 1 amide bonds. The maximum absolute atomic E-state index is 14.4. The van der Waals surface area contributed by atoms with Gasteiger partial charge < -0.3 is 19.5 Å². The van der Waals surface area contributed by atoms with Crippen molar-refractivity contribution in [2.45, 2.75) is 13.6 Å². The maximum Gasteiger partial charge on any atom is 0.365 e. The lowest BCUT2D eigenvalue weighted by Gasteiger charge is -2.29. The molecule has 8 heteroatoms. The van der Waals surface area contributed by atoms with Gasteiger partial charge in [-0.2, -0.15) is 4.74 Å². The minimum Gasteiger partial charge on any atom is -0.378 e. The number of halogens is 1. The van der Waals surface area contributed by atoms with Crippen LogP contribution in [0.1, 0.15) is 6.92 Å². The number of nitrogens with one attached hydrogen (secondary N) is 1. The number of aromatic nitrogens is 1. The Labute approximate surface area is 137 Å². The summed E-state index contributed by atoms with van der Waals surface area (Å²) in [4.78, 5) is 24.7. The van der Waals surface area contributed by atoms with Crippen LogP contribution in [0.3, 0.4) is 0 Å². The van der Waals surface area contributed by atoms with Gasteiger partial charge in [0.25, 0.3) is 0 Å². The number of carbonyl (C=O) groups excluding carboxylic acids is 1. The molecule has 1 aromatic carbocycles. The molecule has 0 saturated carbocycles. The fourth-order valence-corrected chi connectivity index (χ4v) is 2.57. The second-order valence-corrected chi connectivity index (χ2v) is 5.50. The van der Waals surface area contributed by atoms with E-state index in [4.69, 9.17) is 9.26 Å². The fraction of sp³-hybridized carbons (Fsp3) is 0.375. The molecule has 0 unspecified atom stereocenters. The predicted octanol–water partition coefficient (Wildman–Crippen LogP) is 1.18. The second-order valence-electron chi connectivity index (χ2n) is 5.50. The summed E-state index contributed by atoms with van der Waals surface area (Å²) in [6.45, 7) is 3.80. The van der Waals surface area contributed by atoms with Crippen molar-refractivity contribution in [1.29, 1.82) is 0 Å². The molecular formula is C16H18FN3O4. The number of hydrogen-bond acceptors (Lipinski definition) is 5. The van der Waals surface area contributed by atoms with E-state index in [0.717, 1.165) is 0 Å². The Morgan fingerprint density at radius 2 is 2.08 bits per heavy atom. The number of amides is 1. The summed E-state index contributed by atoms with van der Waals surface area (Å²) in [6, 6.07) is 4.66. The molecule has 1 aromatic heterocycles. The summed E-state index contributed by atoms with van der Waals surface area (Å²) in [5, 5.41) is 2.52. The average Bonchev–Trinajstić information content (AvgIpc) is 2.94. The zero-order valence-corrected chi connectivity index (χ0v) is 13.3. The number of morpholine rings is 1.